The fraction of sp³-hybridized carbons (Fsp3) is 0.111. The minimum absolute atomic E-state index is 0.00308. The van der Waals surface area contributed by atoms with Gasteiger partial charge in [-0.2, -0.15) is 17.2 Å². The molecule has 0 saturated heterocycles. The highest BCUT2D eigenvalue weighted by Crippen LogP contribution is 2.34. The molecule has 0 aliphatic heterocycles. The van der Waals surface area contributed by atoms with Gasteiger partial charge in [-0.3, -0.25) is 5.41 Å². The van der Waals surface area contributed by atoms with Crippen molar-refractivity contribution in [3.05, 3.63) is 29.6 Å². The molecule has 4 N–H and O–H groups in total. The molecular weight excluding hydrogens is 285 g/mol. The molecule has 6 nitrogen and oxygen atoms in total. The first-order chi connectivity index (χ1) is 8.63. The van der Waals surface area contributed by atoms with Gasteiger partial charge in [0.05, 0.1) is 11.0 Å². The Morgan fingerprint density at radius 1 is 1.42 bits per heavy atom. The second-order valence-electron chi connectivity index (χ2n) is 3.69. The third-order valence-electron chi connectivity index (χ3n) is 2.37. The lowest BCUT2D eigenvalue weighted by Gasteiger charge is -2.06. The molecule has 0 fully saturated rings. The number of nitrogens with zero attached hydrogens (tertiary/aromatic N) is 1. The van der Waals surface area contributed by atoms with Gasteiger partial charge in [0, 0.05) is 5.56 Å². The van der Waals surface area contributed by atoms with Gasteiger partial charge in [0.15, 0.2) is 5.82 Å². The maximum atomic E-state index is 13.2. The van der Waals surface area contributed by atoms with Crippen LogP contribution in [-0.4, -0.2) is 24.2 Å². The first kappa shape index (κ1) is 13.3. The molecule has 10 heteroatoms. The van der Waals surface area contributed by atoms with Crippen LogP contribution in [0.1, 0.15) is 11.4 Å². The summed E-state index contributed by atoms with van der Waals surface area (Å²) in [6.07, 6.45) is 0. The zero-order chi connectivity index (χ0) is 14.4. The Balaban J connectivity index is 2.63. The van der Waals surface area contributed by atoms with Crippen LogP contribution in [0.4, 0.5) is 12.7 Å². The first-order valence-electron chi connectivity index (χ1n) is 4.79. The van der Waals surface area contributed by atoms with E-state index in [1.54, 1.807) is 0 Å². The van der Waals surface area contributed by atoms with Crippen LogP contribution in [0.15, 0.2) is 18.2 Å². The lowest BCUT2D eigenvalue weighted by Crippen LogP contribution is -2.23. The van der Waals surface area contributed by atoms with Crippen LogP contribution in [0.2, 0.25) is 0 Å². The van der Waals surface area contributed by atoms with Gasteiger partial charge in [-0.15, -0.1) is 0 Å². The number of aromatic nitrogens is 2. The van der Waals surface area contributed by atoms with Gasteiger partial charge in [0.25, 0.3) is 0 Å². The molecule has 1 aromatic heterocycles. The normalized spacial score (nSPS) is 12.8. The topological polar surface area (TPSA) is 113 Å². The van der Waals surface area contributed by atoms with Crippen molar-refractivity contribution in [3.63, 3.8) is 0 Å². The number of alkyl halides is 2. The Morgan fingerprint density at radius 3 is 2.58 bits per heavy atom. The summed E-state index contributed by atoms with van der Waals surface area (Å²) in [4.78, 5) is 5.32. The van der Waals surface area contributed by atoms with Crippen molar-refractivity contribution in [2.24, 2.45) is 5.73 Å². The number of imidazole rings is 1. The molecule has 19 heavy (non-hydrogen) atoms. The van der Waals surface area contributed by atoms with E-state index in [0.717, 1.165) is 0 Å². The number of hydrogen-bond donors (Lipinski definition) is 3. The highest BCUT2D eigenvalue weighted by atomic mass is 32.3. The number of nitrogens with one attached hydrogen (secondary N) is 2. The Morgan fingerprint density at radius 2 is 2.05 bits per heavy atom. The highest BCUT2D eigenvalue weighted by molar-refractivity contribution is 7.87. The fourth-order valence-electron chi connectivity index (χ4n) is 1.43. The van der Waals surface area contributed by atoms with Crippen molar-refractivity contribution in [1.82, 2.24) is 9.97 Å². The molecule has 0 aliphatic rings. The number of halogens is 3. The third-order valence-corrected chi connectivity index (χ3v) is 3.18. The summed E-state index contributed by atoms with van der Waals surface area (Å²) in [6, 6.07) is 3.83. The van der Waals surface area contributed by atoms with Crippen molar-refractivity contribution >= 4 is 27.1 Å². The predicted molar refractivity (Wildman–Crippen MR) is 61.0 cm³/mol. The van der Waals surface area contributed by atoms with E-state index in [4.69, 9.17) is 11.1 Å². The molecular formula is C9H7F3N4O2S. The number of H-pyrrole nitrogens is 1. The molecule has 0 saturated carbocycles. The molecule has 0 atom stereocenters. The van der Waals surface area contributed by atoms with Crippen LogP contribution < -0.4 is 5.73 Å². The Kier molecular flexibility index (Phi) is 2.77. The predicted octanol–water partition coefficient (Wildman–Crippen LogP) is 1.20. The van der Waals surface area contributed by atoms with Gasteiger partial charge in [0.2, 0.25) is 0 Å². The average molecular weight is 292 g/mol. The zero-order valence-electron chi connectivity index (χ0n) is 9.12. The smallest absolute Gasteiger partial charge is 0.384 e. The van der Waals surface area contributed by atoms with Crippen LogP contribution in [0.3, 0.4) is 0 Å². The molecule has 1 heterocycles. The van der Waals surface area contributed by atoms with E-state index in [1.807, 2.05) is 4.98 Å². The van der Waals surface area contributed by atoms with Crippen molar-refractivity contribution < 1.29 is 21.1 Å². The van der Waals surface area contributed by atoms with Gasteiger partial charge in [-0.1, -0.05) is 3.89 Å². The number of amidine groups is 1. The number of fused-ring (bicyclic) bond motifs is 1. The van der Waals surface area contributed by atoms with Crippen molar-refractivity contribution in [1.29, 1.82) is 5.41 Å². The van der Waals surface area contributed by atoms with E-state index in [9.17, 15) is 21.1 Å². The lowest BCUT2D eigenvalue weighted by molar-refractivity contribution is 0.0755. The van der Waals surface area contributed by atoms with Gasteiger partial charge < -0.3 is 10.7 Å². The lowest BCUT2D eigenvalue weighted by atomic mass is 10.2. The van der Waals surface area contributed by atoms with Crippen molar-refractivity contribution in [2.45, 2.75) is 5.25 Å². The number of hydrogen-bond acceptors (Lipinski definition) is 4. The summed E-state index contributed by atoms with van der Waals surface area (Å²) in [5.74, 6) is -1.63. The average Bonchev–Trinajstić information content (AvgIpc) is 2.70. The van der Waals surface area contributed by atoms with Gasteiger partial charge in [-0.05, 0) is 18.2 Å². The quantitative estimate of drug-likeness (QED) is 0.448. The van der Waals surface area contributed by atoms with E-state index in [1.165, 1.54) is 18.2 Å². The standard InChI is InChI=1S/C9H7F3N4O2S/c10-9(11,19(12,17)18)8-15-5-2-1-4(7(13)14)3-6(5)16-8/h1-3H,(H3,13,14)(H,15,16). The van der Waals surface area contributed by atoms with Crippen LogP contribution in [0.5, 0.6) is 0 Å². The molecule has 102 valence electrons. The van der Waals surface area contributed by atoms with Gasteiger partial charge in [-0.25, -0.2) is 4.98 Å². The molecule has 1 aromatic carbocycles. The molecule has 0 radical (unpaired) electrons. The summed E-state index contributed by atoms with van der Waals surface area (Å²) in [5, 5.41) is 2.42. The van der Waals surface area contributed by atoms with Crippen molar-refractivity contribution in [2.75, 3.05) is 0 Å². The number of nitrogens with two attached hydrogens (primary N) is 1. The van der Waals surface area contributed by atoms with Crippen LogP contribution in [-0.2, 0) is 15.5 Å². The van der Waals surface area contributed by atoms with Crippen molar-refractivity contribution in [3.8, 4) is 0 Å². The summed E-state index contributed by atoms with van der Waals surface area (Å²) < 4.78 is 59.7. The Bertz CT molecular complexity index is 769. The minimum atomic E-state index is -6.12. The summed E-state index contributed by atoms with van der Waals surface area (Å²) in [6.45, 7) is 0. The molecule has 2 rings (SSSR count). The van der Waals surface area contributed by atoms with E-state index < -0.39 is 21.3 Å². The molecule has 0 unspecified atom stereocenters. The molecule has 0 aliphatic carbocycles. The number of benzene rings is 1. The van der Waals surface area contributed by atoms with E-state index in [0.29, 0.717) is 0 Å². The Hall–Kier alpha value is -2.10. The van der Waals surface area contributed by atoms with Crippen LogP contribution in [0, 0.1) is 5.41 Å². The summed E-state index contributed by atoms with van der Waals surface area (Å²) in [5.41, 5.74) is 5.46. The van der Waals surface area contributed by atoms with Crippen LogP contribution in [0.25, 0.3) is 11.0 Å². The second kappa shape index (κ2) is 3.95. The maximum absolute atomic E-state index is 13.2. The SMILES string of the molecule is N=C(N)c1ccc2nc(C(F)(F)S(=O)(=O)F)[nH]c2c1. The van der Waals surface area contributed by atoms with Gasteiger partial charge in [0.1, 0.15) is 5.84 Å². The third kappa shape index (κ3) is 2.14. The van der Waals surface area contributed by atoms with E-state index in [-0.39, 0.29) is 22.4 Å². The maximum Gasteiger partial charge on any atom is 0.430 e. The van der Waals surface area contributed by atoms with Crippen LogP contribution >= 0.6 is 0 Å². The monoisotopic (exact) mass is 292 g/mol. The van der Waals surface area contributed by atoms with Gasteiger partial charge >= 0.3 is 15.5 Å². The largest absolute Gasteiger partial charge is 0.430 e. The molecule has 0 spiro atoms. The zero-order valence-corrected chi connectivity index (χ0v) is 9.93. The molecule has 2 aromatic rings. The Labute approximate surface area is 105 Å². The summed E-state index contributed by atoms with van der Waals surface area (Å²) in [7, 11) is -6.12. The number of nitrogen functional groups attached to an aromatic ring is 1. The fourth-order valence-corrected chi connectivity index (χ4v) is 1.76. The molecule has 0 amide bonds. The minimum Gasteiger partial charge on any atom is -0.384 e. The van der Waals surface area contributed by atoms with E-state index >= 15 is 0 Å². The number of rotatable bonds is 3. The van der Waals surface area contributed by atoms with E-state index in [2.05, 4.69) is 4.98 Å². The molecule has 0 bridgehead atoms. The summed E-state index contributed by atoms with van der Waals surface area (Å²) >= 11 is 0. The number of aromatic amines is 1. The second-order valence-corrected chi connectivity index (χ2v) is 5.07. The highest BCUT2D eigenvalue weighted by Gasteiger charge is 2.50. The first-order valence-corrected chi connectivity index (χ1v) is 6.18.